The van der Waals surface area contributed by atoms with Gasteiger partial charge in [-0.25, -0.2) is 0 Å². The van der Waals surface area contributed by atoms with Crippen molar-refractivity contribution in [2.75, 3.05) is 0 Å². The maximum absolute atomic E-state index is 9.90. The van der Waals surface area contributed by atoms with Crippen molar-refractivity contribution in [3.8, 4) is 0 Å². The van der Waals surface area contributed by atoms with Crippen LogP contribution in [0.3, 0.4) is 0 Å². The maximum Gasteiger partial charge on any atom is 0.133 e. The third kappa shape index (κ3) is 2.01. The van der Waals surface area contributed by atoms with Crippen LogP contribution >= 0.6 is 0 Å². The van der Waals surface area contributed by atoms with Crippen molar-refractivity contribution >= 4 is 0 Å². The Morgan fingerprint density at radius 1 is 1.54 bits per heavy atom. The third-order valence-electron chi connectivity index (χ3n) is 2.26. The van der Waals surface area contributed by atoms with Gasteiger partial charge in [-0.05, 0) is 19.1 Å². The average Bonchev–Trinajstić information content (AvgIpc) is 2.50. The molecule has 2 heteroatoms. The second-order valence-corrected chi connectivity index (χ2v) is 3.88. The number of hydrogen-bond donors (Lipinski definition) is 1. The van der Waals surface area contributed by atoms with E-state index in [-0.39, 0.29) is 5.41 Å². The molecule has 72 valence electrons. The van der Waals surface area contributed by atoms with Gasteiger partial charge in [0.05, 0.1) is 0 Å². The summed E-state index contributed by atoms with van der Waals surface area (Å²) < 4.78 is 5.34. The minimum absolute atomic E-state index is 0.357. The predicted octanol–water partition coefficient (Wildman–Crippen LogP) is 2.83. The van der Waals surface area contributed by atoms with Crippen molar-refractivity contribution in [2.45, 2.75) is 26.9 Å². The fourth-order valence-corrected chi connectivity index (χ4v) is 1.08. The topological polar surface area (TPSA) is 33.4 Å². The first-order valence-electron chi connectivity index (χ1n) is 4.35. The molecule has 1 heterocycles. The highest BCUT2D eigenvalue weighted by Gasteiger charge is 2.28. The van der Waals surface area contributed by atoms with Crippen LogP contribution in [0.25, 0.3) is 0 Å². The Morgan fingerprint density at radius 2 is 2.15 bits per heavy atom. The highest BCUT2D eigenvalue weighted by molar-refractivity contribution is 5.12. The van der Waals surface area contributed by atoms with E-state index < -0.39 is 6.10 Å². The SMILES string of the molecule is C=CC(C)(C)[C@H](O)c1ccc(C)o1. The molecule has 0 aliphatic heterocycles. The monoisotopic (exact) mass is 180 g/mol. The van der Waals surface area contributed by atoms with Crippen LogP contribution in [0, 0.1) is 12.3 Å². The second-order valence-electron chi connectivity index (χ2n) is 3.88. The Hall–Kier alpha value is -1.02. The van der Waals surface area contributed by atoms with E-state index >= 15 is 0 Å². The van der Waals surface area contributed by atoms with Crippen molar-refractivity contribution in [2.24, 2.45) is 5.41 Å². The quantitative estimate of drug-likeness (QED) is 0.725. The predicted molar refractivity (Wildman–Crippen MR) is 52.4 cm³/mol. The lowest BCUT2D eigenvalue weighted by Gasteiger charge is -2.24. The zero-order valence-electron chi connectivity index (χ0n) is 8.37. The van der Waals surface area contributed by atoms with Gasteiger partial charge in [-0.2, -0.15) is 0 Å². The number of aliphatic hydroxyl groups excluding tert-OH is 1. The van der Waals surface area contributed by atoms with Gasteiger partial charge in [0.15, 0.2) is 0 Å². The van der Waals surface area contributed by atoms with E-state index in [1.807, 2.05) is 26.8 Å². The summed E-state index contributed by atoms with van der Waals surface area (Å²) in [5.41, 5.74) is -0.357. The molecule has 1 N–H and O–H groups in total. The standard InChI is InChI=1S/C11H16O2/c1-5-11(3,4)10(12)9-7-6-8(2)13-9/h5-7,10,12H,1H2,2-4H3/t10-/m1/s1. The second kappa shape index (κ2) is 3.38. The van der Waals surface area contributed by atoms with Crippen LogP contribution in [0.1, 0.15) is 31.5 Å². The van der Waals surface area contributed by atoms with Gasteiger partial charge in [0.1, 0.15) is 17.6 Å². The fraction of sp³-hybridized carbons (Fsp3) is 0.455. The maximum atomic E-state index is 9.90. The van der Waals surface area contributed by atoms with Crippen LogP contribution in [0.2, 0.25) is 0 Å². The highest BCUT2D eigenvalue weighted by atomic mass is 16.4. The van der Waals surface area contributed by atoms with Gasteiger partial charge in [0.2, 0.25) is 0 Å². The van der Waals surface area contributed by atoms with Gasteiger partial charge in [-0.1, -0.05) is 19.9 Å². The van der Waals surface area contributed by atoms with Crippen LogP contribution in [0.4, 0.5) is 0 Å². The summed E-state index contributed by atoms with van der Waals surface area (Å²) in [6, 6.07) is 3.64. The Balaban J connectivity index is 2.90. The van der Waals surface area contributed by atoms with Gasteiger partial charge in [0, 0.05) is 5.41 Å². The van der Waals surface area contributed by atoms with Crippen LogP contribution in [0.5, 0.6) is 0 Å². The summed E-state index contributed by atoms with van der Waals surface area (Å²) in [7, 11) is 0. The van der Waals surface area contributed by atoms with E-state index in [2.05, 4.69) is 6.58 Å². The van der Waals surface area contributed by atoms with E-state index in [1.165, 1.54) is 0 Å². The number of aliphatic hydroxyl groups is 1. The zero-order valence-corrected chi connectivity index (χ0v) is 8.37. The molecule has 1 rings (SSSR count). The zero-order chi connectivity index (χ0) is 10.1. The van der Waals surface area contributed by atoms with E-state index in [4.69, 9.17) is 4.42 Å². The molecule has 13 heavy (non-hydrogen) atoms. The Labute approximate surface area is 78.9 Å². The summed E-state index contributed by atoms with van der Waals surface area (Å²) in [5.74, 6) is 1.41. The number of rotatable bonds is 3. The van der Waals surface area contributed by atoms with E-state index in [0.29, 0.717) is 5.76 Å². The summed E-state index contributed by atoms with van der Waals surface area (Å²) >= 11 is 0. The van der Waals surface area contributed by atoms with E-state index in [0.717, 1.165) is 5.76 Å². The molecule has 0 spiro atoms. The minimum Gasteiger partial charge on any atom is -0.464 e. The third-order valence-corrected chi connectivity index (χ3v) is 2.26. The van der Waals surface area contributed by atoms with Gasteiger partial charge in [-0.15, -0.1) is 6.58 Å². The largest absolute Gasteiger partial charge is 0.464 e. The molecule has 0 amide bonds. The summed E-state index contributed by atoms with van der Waals surface area (Å²) in [6.07, 6.45) is 1.11. The first kappa shape index (κ1) is 10.1. The highest BCUT2D eigenvalue weighted by Crippen LogP contribution is 2.34. The van der Waals surface area contributed by atoms with Crippen molar-refractivity contribution in [3.63, 3.8) is 0 Å². The lowest BCUT2D eigenvalue weighted by molar-refractivity contribution is 0.0607. The number of aryl methyl sites for hydroxylation is 1. The molecule has 1 aromatic rings. The molecule has 0 saturated heterocycles. The van der Waals surface area contributed by atoms with Crippen LogP contribution < -0.4 is 0 Å². The molecule has 0 aliphatic rings. The molecule has 0 radical (unpaired) electrons. The lowest BCUT2D eigenvalue weighted by atomic mass is 9.85. The van der Waals surface area contributed by atoms with Gasteiger partial charge < -0.3 is 9.52 Å². The Kier molecular flexibility index (Phi) is 2.62. The van der Waals surface area contributed by atoms with Crippen LogP contribution in [-0.2, 0) is 0 Å². The van der Waals surface area contributed by atoms with Gasteiger partial charge in [-0.3, -0.25) is 0 Å². The summed E-state index contributed by atoms with van der Waals surface area (Å²) in [6.45, 7) is 9.38. The lowest BCUT2D eigenvalue weighted by Crippen LogP contribution is -2.18. The smallest absolute Gasteiger partial charge is 0.133 e. The molecule has 0 unspecified atom stereocenters. The minimum atomic E-state index is -0.626. The summed E-state index contributed by atoms with van der Waals surface area (Å²) in [4.78, 5) is 0. The first-order chi connectivity index (χ1) is 5.97. The molecule has 0 aromatic carbocycles. The van der Waals surface area contributed by atoms with E-state index in [1.54, 1.807) is 12.1 Å². The molecule has 1 atom stereocenters. The molecular weight excluding hydrogens is 164 g/mol. The van der Waals surface area contributed by atoms with Crippen molar-refractivity contribution in [1.82, 2.24) is 0 Å². The molecule has 0 fully saturated rings. The first-order valence-corrected chi connectivity index (χ1v) is 4.35. The summed E-state index contributed by atoms with van der Waals surface area (Å²) in [5, 5.41) is 9.90. The molecular formula is C11H16O2. The molecule has 0 saturated carbocycles. The number of furan rings is 1. The van der Waals surface area contributed by atoms with Crippen molar-refractivity contribution in [3.05, 3.63) is 36.3 Å². The molecule has 2 nitrogen and oxygen atoms in total. The average molecular weight is 180 g/mol. The molecule has 0 bridgehead atoms. The van der Waals surface area contributed by atoms with Crippen LogP contribution in [-0.4, -0.2) is 5.11 Å². The van der Waals surface area contributed by atoms with Gasteiger partial charge in [0.25, 0.3) is 0 Å². The Morgan fingerprint density at radius 3 is 2.54 bits per heavy atom. The van der Waals surface area contributed by atoms with E-state index in [9.17, 15) is 5.11 Å². The van der Waals surface area contributed by atoms with Crippen molar-refractivity contribution in [1.29, 1.82) is 0 Å². The normalized spacial score (nSPS) is 14.2. The van der Waals surface area contributed by atoms with Crippen LogP contribution in [0.15, 0.2) is 29.2 Å². The Bertz CT molecular complexity index is 297. The molecule has 1 aromatic heterocycles. The molecule has 0 aliphatic carbocycles. The number of hydrogen-bond acceptors (Lipinski definition) is 2. The fourth-order valence-electron chi connectivity index (χ4n) is 1.08. The van der Waals surface area contributed by atoms with Gasteiger partial charge >= 0.3 is 0 Å². The van der Waals surface area contributed by atoms with Crippen molar-refractivity contribution < 1.29 is 9.52 Å².